The van der Waals surface area contributed by atoms with E-state index in [9.17, 15) is 13.2 Å². The van der Waals surface area contributed by atoms with Crippen LogP contribution in [0.1, 0.15) is 19.4 Å². The molecule has 23 heavy (non-hydrogen) atoms. The Kier molecular flexibility index (Phi) is 5.38. The lowest BCUT2D eigenvalue weighted by molar-refractivity contribution is 0.443. The number of rotatable bonds is 7. The number of aromatic nitrogens is 3. The first-order valence-electron chi connectivity index (χ1n) is 7.58. The first-order chi connectivity index (χ1) is 10.9. The molecular formula is C15H22N4O3S. The highest BCUT2D eigenvalue weighted by Crippen LogP contribution is 2.13. The van der Waals surface area contributed by atoms with Crippen molar-refractivity contribution in [2.24, 2.45) is 0 Å². The largest absolute Gasteiger partial charge is 0.312 e. The van der Waals surface area contributed by atoms with Crippen molar-refractivity contribution >= 4 is 10.0 Å². The molecule has 0 fully saturated rings. The van der Waals surface area contributed by atoms with Gasteiger partial charge in [-0.3, -0.25) is 9.48 Å². The van der Waals surface area contributed by atoms with Gasteiger partial charge in [0.1, 0.15) is 0 Å². The van der Waals surface area contributed by atoms with Gasteiger partial charge in [-0.05, 0) is 18.6 Å². The van der Waals surface area contributed by atoms with Crippen LogP contribution in [-0.4, -0.2) is 40.2 Å². The number of pyridine rings is 1. The molecule has 0 aliphatic heterocycles. The maximum atomic E-state index is 12.5. The number of sulfonamides is 1. The van der Waals surface area contributed by atoms with Crippen molar-refractivity contribution in [3.63, 3.8) is 0 Å². The van der Waals surface area contributed by atoms with E-state index in [0.29, 0.717) is 26.2 Å². The summed E-state index contributed by atoms with van der Waals surface area (Å²) in [5.74, 6) is 0. The Hall–Kier alpha value is -1.93. The zero-order chi connectivity index (χ0) is 17.0. The molecule has 0 radical (unpaired) electrons. The van der Waals surface area contributed by atoms with Crippen LogP contribution in [0.25, 0.3) is 0 Å². The van der Waals surface area contributed by atoms with Gasteiger partial charge in [-0.2, -0.15) is 9.40 Å². The quantitative estimate of drug-likeness (QED) is 0.757. The molecule has 2 rings (SSSR count). The van der Waals surface area contributed by atoms with Crippen LogP contribution in [0.2, 0.25) is 0 Å². The Morgan fingerprint density at radius 3 is 2.39 bits per heavy atom. The van der Waals surface area contributed by atoms with Gasteiger partial charge >= 0.3 is 0 Å². The Morgan fingerprint density at radius 1 is 1.13 bits per heavy atom. The van der Waals surface area contributed by atoms with Gasteiger partial charge in [-0.15, -0.1) is 0 Å². The maximum Gasteiger partial charge on any atom is 0.250 e. The average Bonchev–Trinajstić information content (AvgIpc) is 2.92. The molecule has 0 aromatic carbocycles. The monoisotopic (exact) mass is 338 g/mol. The van der Waals surface area contributed by atoms with Crippen molar-refractivity contribution in [1.82, 2.24) is 18.7 Å². The van der Waals surface area contributed by atoms with E-state index in [2.05, 4.69) is 5.10 Å². The minimum Gasteiger partial charge on any atom is -0.312 e. The Balaban J connectivity index is 2.27. The Bertz CT molecular complexity index is 819. The maximum absolute atomic E-state index is 12.5. The van der Waals surface area contributed by atoms with Gasteiger partial charge in [-0.1, -0.05) is 13.8 Å². The molecule has 0 unspecified atom stereocenters. The van der Waals surface area contributed by atoms with Gasteiger partial charge in [0.05, 0.1) is 17.6 Å². The third-order valence-corrected chi connectivity index (χ3v) is 5.67. The number of aryl methyl sites for hydroxylation is 3. The molecule has 2 heterocycles. The Labute approximate surface area is 136 Å². The van der Waals surface area contributed by atoms with Gasteiger partial charge in [-0.25, -0.2) is 8.42 Å². The molecule has 0 saturated heterocycles. The molecule has 0 aliphatic rings. The van der Waals surface area contributed by atoms with Crippen LogP contribution in [0, 0.1) is 6.92 Å². The summed E-state index contributed by atoms with van der Waals surface area (Å²) in [6.45, 7) is 7.17. The fraction of sp³-hybridized carbons (Fsp3) is 0.467. The van der Waals surface area contributed by atoms with Crippen molar-refractivity contribution in [2.45, 2.75) is 38.8 Å². The van der Waals surface area contributed by atoms with E-state index in [-0.39, 0.29) is 10.5 Å². The molecule has 7 nitrogen and oxygen atoms in total. The molecule has 2 aromatic rings. The van der Waals surface area contributed by atoms with Crippen molar-refractivity contribution in [3.8, 4) is 0 Å². The summed E-state index contributed by atoms with van der Waals surface area (Å²) in [4.78, 5) is 12.1. The first kappa shape index (κ1) is 17.4. The molecule has 2 aromatic heterocycles. The normalized spacial score (nSPS) is 12.0. The lowest BCUT2D eigenvalue weighted by atomic mass is 10.4. The summed E-state index contributed by atoms with van der Waals surface area (Å²) in [5.41, 5.74) is 0.808. The summed E-state index contributed by atoms with van der Waals surface area (Å²) < 4.78 is 29.6. The molecule has 0 atom stereocenters. The molecule has 0 aliphatic carbocycles. The van der Waals surface area contributed by atoms with Gasteiger partial charge < -0.3 is 4.57 Å². The third-order valence-electron chi connectivity index (χ3n) is 3.63. The van der Waals surface area contributed by atoms with E-state index >= 15 is 0 Å². The van der Waals surface area contributed by atoms with Crippen molar-refractivity contribution in [3.05, 3.63) is 46.6 Å². The molecular weight excluding hydrogens is 316 g/mol. The van der Waals surface area contributed by atoms with Gasteiger partial charge in [0.2, 0.25) is 10.0 Å². The smallest absolute Gasteiger partial charge is 0.250 e. The zero-order valence-electron chi connectivity index (χ0n) is 13.6. The first-order valence-corrected chi connectivity index (χ1v) is 9.02. The molecule has 0 amide bonds. The lowest BCUT2D eigenvalue weighted by Gasteiger charge is -2.19. The highest BCUT2D eigenvalue weighted by Gasteiger charge is 2.22. The van der Waals surface area contributed by atoms with Crippen LogP contribution in [0.4, 0.5) is 0 Å². The summed E-state index contributed by atoms with van der Waals surface area (Å²) in [6, 6.07) is 2.66. The van der Waals surface area contributed by atoms with E-state index < -0.39 is 10.0 Å². The molecule has 8 heteroatoms. The number of nitrogens with zero attached hydrogens (tertiary/aromatic N) is 4. The van der Waals surface area contributed by atoms with Gasteiger partial charge in [0.15, 0.2) is 0 Å². The second-order valence-electron chi connectivity index (χ2n) is 5.27. The van der Waals surface area contributed by atoms with Crippen LogP contribution >= 0.6 is 0 Å². The molecule has 0 spiro atoms. The van der Waals surface area contributed by atoms with Crippen LogP contribution in [0.5, 0.6) is 0 Å². The summed E-state index contributed by atoms with van der Waals surface area (Å²) in [7, 11) is -3.57. The summed E-state index contributed by atoms with van der Waals surface area (Å²) in [5, 5.41) is 4.16. The standard InChI is InChI=1S/C15H22N4O3S/c1-4-19(5-2)23(21,22)14-6-7-15(20)17(12-14)8-9-18-11-13(3)10-16-18/h6-7,10-12H,4-5,8-9H2,1-3H3. The number of hydrogen-bond donors (Lipinski definition) is 0. The van der Waals surface area contributed by atoms with E-state index in [1.165, 1.54) is 27.2 Å². The summed E-state index contributed by atoms with van der Waals surface area (Å²) in [6.07, 6.45) is 5.03. The van der Waals surface area contributed by atoms with Crippen LogP contribution in [-0.2, 0) is 23.1 Å². The van der Waals surface area contributed by atoms with E-state index in [1.54, 1.807) is 24.7 Å². The van der Waals surface area contributed by atoms with Crippen LogP contribution in [0.15, 0.2) is 40.4 Å². The lowest BCUT2D eigenvalue weighted by Crippen LogP contribution is -2.32. The molecule has 0 N–H and O–H groups in total. The fourth-order valence-corrected chi connectivity index (χ4v) is 3.83. The minimum atomic E-state index is -3.57. The zero-order valence-corrected chi connectivity index (χ0v) is 14.5. The van der Waals surface area contributed by atoms with E-state index in [0.717, 1.165) is 5.56 Å². The van der Waals surface area contributed by atoms with E-state index in [4.69, 9.17) is 0 Å². The SMILES string of the molecule is CCN(CC)S(=O)(=O)c1ccc(=O)n(CCn2cc(C)cn2)c1. The molecule has 0 bridgehead atoms. The van der Waals surface area contributed by atoms with Crippen molar-refractivity contribution in [2.75, 3.05) is 13.1 Å². The average molecular weight is 338 g/mol. The summed E-state index contributed by atoms with van der Waals surface area (Å²) >= 11 is 0. The van der Waals surface area contributed by atoms with Gasteiger partial charge in [0.25, 0.3) is 5.56 Å². The topological polar surface area (TPSA) is 77.2 Å². The van der Waals surface area contributed by atoms with Gasteiger partial charge in [0, 0.05) is 38.1 Å². The fourth-order valence-electron chi connectivity index (χ4n) is 2.35. The second kappa shape index (κ2) is 7.10. The number of hydrogen-bond acceptors (Lipinski definition) is 4. The predicted octanol–water partition coefficient (Wildman–Crippen LogP) is 1.08. The minimum absolute atomic E-state index is 0.137. The van der Waals surface area contributed by atoms with Crippen LogP contribution in [0.3, 0.4) is 0 Å². The van der Waals surface area contributed by atoms with E-state index in [1.807, 2.05) is 13.1 Å². The highest BCUT2D eigenvalue weighted by molar-refractivity contribution is 7.89. The third kappa shape index (κ3) is 3.89. The second-order valence-corrected chi connectivity index (χ2v) is 7.20. The molecule has 0 saturated carbocycles. The highest BCUT2D eigenvalue weighted by atomic mass is 32.2. The van der Waals surface area contributed by atoms with Crippen LogP contribution < -0.4 is 5.56 Å². The Morgan fingerprint density at radius 2 is 1.83 bits per heavy atom. The van der Waals surface area contributed by atoms with Crippen molar-refractivity contribution in [1.29, 1.82) is 0 Å². The van der Waals surface area contributed by atoms with Crippen molar-refractivity contribution < 1.29 is 8.42 Å². The predicted molar refractivity (Wildman–Crippen MR) is 87.8 cm³/mol. The molecule has 126 valence electrons.